The maximum atomic E-state index is 12.9. The van der Waals surface area contributed by atoms with Gasteiger partial charge in [0.1, 0.15) is 0 Å². The number of benzene rings is 1. The highest BCUT2D eigenvalue weighted by Crippen LogP contribution is 2.39. The van der Waals surface area contributed by atoms with Gasteiger partial charge in [0.15, 0.2) is 0 Å². The molecule has 0 nitrogen and oxygen atoms in total. The molecule has 14 heavy (non-hydrogen) atoms. The van der Waals surface area contributed by atoms with Gasteiger partial charge in [-0.1, -0.05) is 56.2 Å². The SMILES string of the molecule is CC[C@](C)(c1ccccc1)[B-](F)(F)F. The first-order valence-electron chi connectivity index (χ1n) is 4.66. The van der Waals surface area contributed by atoms with Crippen molar-refractivity contribution in [2.45, 2.75) is 25.6 Å². The Kier molecular flexibility index (Phi) is 2.93. The van der Waals surface area contributed by atoms with Crippen LogP contribution in [0.1, 0.15) is 25.8 Å². The molecule has 0 N–H and O–H groups in total. The molecule has 1 rings (SSSR count). The average molecular weight is 201 g/mol. The van der Waals surface area contributed by atoms with Crippen LogP contribution in [0, 0.1) is 0 Å². The molecular formula is C10H13BF3-. The second-order valence-corrected chi connectivity index (χ2v) is 3.71. The average Bonchev–Trinajstić information content (AvgIpc) is 2.16. The topological polar surface area (TPSA) is 0 Å². The Hall–Kier alpha value is -0.925. The fraction of sp³-hybridized carbons (Fsp3) is 0.400. The standard InChI is InChI=1S/C10H13BF3/c1-3-10(2,11(12,13)14)9-7-5-4-6-8-9/h4-8H,3H2,1-2H3/q-1/t10-/m1/s1. The van der Waals surface area contributed by atoms with Crippen LogP contribution in [-0.4, -0.2) is 6.98 Å². The van der Waals surface area contributed by atoms with Gasteiger partial charge in [-0.3, -0.25) is 0 Å². The Morgan fingerprint density at radius 1 is 1.14 bits per heavy atom. The highest BCUT2D eigenvalue weighted by atomic mass is 19.4. The molecule has 0 fully saturated rings. The summed E-state index contributed by atoms with van der Waals surface area (Å²) in [6.07, 6.45) is 0.0838. The Balaban J connectivity index is 3.15. The third-order valence-corrected chi connectivity index (χ3v) is 2.89. The summed E-state index contributed by atoms with van der Waals surface area (Å²) >= 11 is 0. The summed E-state index contributed by atoms with van der Waals surface area (Å²) in [5, 5.41) is -1.67. The van der Waals surface area contributed by atoms with Crippen molar-refractivity contribution >= 4 is 6.98 Å². The molecule has 0 bridgehead atoms. The Labute approximate surface area is 82.2 Å². The van der Waals surface area contributed by atoms with Crippen molar-refractivity contribution in [2.24, 2.45) is 0 Å². The molecule has 78 valence electrons. The van der Waals surface area contributed by atoms with Crippen LogP contribution < -0.4 is 0 Å². The van der Waals surface area contributed by atoms with E-state index in [2.05, 4.69) is 0 Å². The Morgan fingerprint density at radius 2 is 1.64 bits per heavy atom. The second kappa shape index (κ2) is 3.68. The van der Waals surface area contributed by atoms with Crippen molar-refractivity contribution < 1.29 is 12.9 Å². The lowest BCUT2D eigenvalue weighted by molar-refractivity contribution is 0.372. The monoisotopic (exact) mass is 201 g/mol. The summed E-state index contributed by atoms with van der Waals surface area (Å²) in [6, 6.07) is 8.09. The van der Waals surface area contributed by atoms with E-state index in [1.54, 1.807) is 37.3 Å². The Morgan fingerprint density at radius 3 is 2.00 bits per heavy atom. The predicted octanol–water partition coefficient (Wildman–Crippen LogP) is 3.74. The van der Waals surface area contributed by atoms with Crippen LogP contribution in [0.4, 0.5) is 12.9 Å². The van der Waals surface area contributed by atoms with E-state index in [9.17, 15) is 12.9 Å². The molecule has 0 spiro atoms. The van der Waals surface area contributed by atoms with E-state index in [1.165, 1.54) is 6.92 Å². The molecule has 4 heteroatoms. The van der Waals surface area contributed by atoms with Crippen LogP contribution in [-0.2, 0) is 5.31 Å². The van der Waals surface area contributed by atoms with Crippen molar-refractivity contribution in [1.82, 2.24) is 0 Å². The van der Waals surface area contributed by atoms with Gasteiger partial charge < -0.3 is 12.9 Å². The quantitative estimate of drug-likeness (QED) is 0.653. The van der Waals surface area contributed by atoms with Gasteiger partial charge in [-0.25, -0.2) is 0 Å². The van der Waals surface area contributed by atoms with Crippen molar-refractivity contribution in [3.63, 3.8) is 0 Å². The summed E-state index contributed by atoms with van der Waals surface area (Å²) in [6.45, 7) is -2.01. The zero-order chi connectivity index (χ0) is 10.8. The summed E-state index contributed by atoms with van der Waals surface area (Å²) in [5.74, 6) is 0. The first-order chi connectivity index (χ1) is 6.42. The zero-order valence-electron chi connectivity index (χ0n) is 8.31. The fourth-order valence-corrected chi connectivity index (χ4v) is 1.44. The van der Waals surface area contributed by atoms with Crippen molar-refractivity contribution in [1.29, 1.82) is 0 Å². The summed E-state index contributed by atoms with van der Waals surface area (Å²) in [5.41, 5.74) is 0.356. The van der Waals surface area contributed by atoms with Gasteiger partial charge in [0.25, 0.3) is 0 Å². The van der Waals surface area contributed by atoms with Crippen molar-refractivity contribution in [3.8, 4) is 0 Å². The lowest BCUT2D eigenvalue weighted by Crippen LogP contribution is -2.44. The van der Waals surface area contributed by atoms with E-state index in [1.807, 2.05) is 0 Å². The maximum absolute atomic E-state index is 12.9. The molecule has 0 aromatic heterocycles. The van der Waals surface area contributed by atoms with Gasteiger partial charge in [-0.2, -0.15) is 0 Å². The molecule has 1 aromatic rings. The molecule has 1 atom stereocenters. The van der Waals surface area contributed by atoms with E-state index in [4.69, 9.17) is 0 Å². The number of hydrogen-bond acceptors (Lipinski definition) is 0. The third-order valence-electron chi connectivity index (χ3n) is 2.89. The number of rotatable bonds is 3. The van der Waals surface area contributed by atoms with Gasteiger partial charge in [-0.15, -0.1) is 0 Å². The van der Waals surface area contributed by atoms with Crippen molar-refractivity contribution in [2.75, 3.05) is 0 Å². The van der Waals surface area contributed by atoms with Crippen LogP contribution >= 0.6 is 0 Å². The maximum Gasteiger partial charge on any atom is 0.488 e. The van der Waals surface area contributed by atoms with Gasteiger partial charge in [0.2, 0.25) is 0 Å². The summed E-state index contributed by atoms with van der Waals surface area (Å²) in [7, 11) is 0. The van der Waals surface area contributed by atoms with Gasteiger partial charge in [0, 0.05) is 0 Å². The minimum atomic E-state index is -4.85. The number of halogens is 3. The van der Waals surface area contributed by atoms with Crippen LogP contribution in [0.25, 0.3) is 0 Å². The van der Waals surface area contributed by atoms with Crippen LogP contribution in [0.3, 0.4) is 0 Å². The molecule has 0 saturated carbocycles. The fourth-order valence-electron chi connectivity index (χ4n) is 1.44. The molecule has 0 radical (unpaired) electrons. The number of hydrogen-bond donors (Lipinski definition) is 0. The van der Waals surface area contributed by atoms with E-state index < -0.39 is 12.3 Å². The predicted molar refractivity (Wildman–Crippen MR) is 53.2 cm³/mol. The molecule has 1 aromatic carbocycles. The molecule has 0 aliphatic carbocycles. The normalized spacial score (nSPS) is 16.4. The van der Waals surface area contributed by atoms with Crippen LogP contribution in [0.5, 0.6) is 0 Å². The van der Waals surface area contributed by atoms with E-state index in [-0.39, 0.29) is 6.42 Å². The first-order valence-corrected chi connectivity index (χ1v) is 4.66. The lowest BCUT2D eigenvalue weighted by atomic mass is 9.54. The largest absolute Gasteiger partial charge is 0.488 e. The Bertz CT molecular complexity index is 294. The molecule has 0 aliphatic heterocycles. The van der Waals surface area contributed by atoms with Gasteiger partial charge in [-0.05, 0) is 5.31 Å². The minimum Gasteiger partial charge on any atom is -0.448 e. The highest BCUT2D eigenvalue weighted by Gasteiger charge is 2.45. The highest BCUT2D eigenvalue weighted by molar-refractivity contribution is 6.62. The summed E-state index contributed by atoms with van der Waals surface area (Å²) < 4.78 is 38.6. The first kappa shape index (κ1) is 11.2. The summed E-state index contributed by atoms with van der Waals surface area (Å²) in [4.78, 5) is 0. The zero-order valence-corrected chi connectivity index (χ0v) is 8.31. The molecule has 0 saturated heterocycles. The van der Waals surface area contributed by atoms with Crippen LogP contribution in [0.2, 0.25) is 0 Å². The lowest BCUT2D eigenvalue weighted by Gasteiger charge is -2.38. The molecule has 0 amide bonds. The third kappa shape index (κ3) is 1.79. The second-order valence-electron chi connectivity index (χ2n) is 3.71. The van der Waals surface area contributed by atoms with Gasteiger partial charge in [0.05, 0.1) is 0 Å². The van der Waals surface area contributed by atoms with E-state index >= 15 is 0 Å². The molecular weight excluding hydrogens is 188 g/mol. The van der Waals surface area contributed by atoms with E-state index in [0.717, 1.165) is 0 Å². The molecule has 0 heterocycles. The molecule has 0 aliphatic rings. The van der Waals surface area contributed by atoms with Crippen molar-refractivity contribution in [3.05, 3.63) is 35.9 Å². The molecule has 0 unspecified atom stereocenters. The van der Waals surface area contributed by atoms with Crippen LogP contribution in [0.15, 0.2) is 30.3 Å². The van der Waals surface area contributed by atoms with Gasteiger partial charge >= 0.3 is 6.98 Å². The van der Waals surface area contributed by atoms with E-state index in [0.29, 0.717) is 5.56 Å². The minimum absolute atomic E-state index is 0.0838. The smallest absolute Gasteiger partial charge is 0.448 e.